The first-order chi connectivity index (χ1) is 17.5. The maximum atomic E-state index is 13.4. The van der Waals surface area contributed by atoms with E-state index >= 15 is 0 Å². The molecule has 0 unspecified atom stereocenters. The van der Waals surface area contributed by atoms with Gasteiger partial charge >= 0.3 is 0 Å². The third-order valence-corrected chi connectivity index (χ3v) is 6.75. The molecule has 0 saturated carbocycles. The molecule has 5 rings (SSSR count). The van der Waals surface area contributed by atoms with Crippen molar-refractivity contribution in [3.8, 4) is 0 Å². The number of halogens is 1. The number of aromatic nitrogens is 4. The summed E-state index contributed by atoms with van der Waals surface area (Å²) in [7, 11) is 1.85. The Hall–Kier alpha value is -4.05. The molecular weight excluding hydrogens is 461 g/mol. The Morgan fingerprint density at radius 1 is 1.11 bits per heavy atom. The van der Waals surface area contributed by atoms with Gasteiger partial charge in [0, 0.05) is 38.4 Å². The summed E-state index contributed by atoms with van der Waals surface area (Å²) in [5.74, 6) is 0.434. The van der Waals surface area contributed by atoms with Crippen LogP contribution in [0.25, 0.3) is 11.0 Å². The quantitative estimate of drug-likeness (QED) is 0.444. The average Bonchev–Trinajstić information content (AvgIpc) is 3.27. The van der Waals surface area contributed by atoms with Crippen LogP contribution in [0.1, 0.15) is 23.2 Å². The van der Waals surface area contributed by atoms with Crippen LogP contribution in [0.3, 0.4) is 0 Å². The molecule has 4 aromatic rings. The highest BCUT2D eigenvalue weighted by atomic mass is 19.1. The molecule has 0 bridgehead atoms. The summed E-state index contributed by atoms with van der Waals surface area (Å²) >= 11 is 0. The van der Waals surface area contributed by atoms with Gasteiger partial charge in [-0.1, -0.05) is 24.3 Å². The molecule has 0 amide bonds. The average molecular weight is 490 g/mol. The predicted octanol–water partition coefficient (Wildman–Crippen LogP) is 2.48. The van der Waals surface area contributed by atoms with Crippen LogP contribution in [0.5, 0.6) is 0 Å². The van der Waals surface area contributed by atoms with E-state index in [1.807, 2.05) is 36.2 Å². The minimum absolute atomic E-state index is 0.0855. The summed E-state index contributed by atoms with van der Waals surface area (Å²) < 4.78 is 16.7. The van der Waals surface area contributed by atoms with Crippen molar-refractivity contribution in [2.75, 3.05) is 36.5 Å². The molecule has 1 aliphatic heterocycles. The van der Waals surface area contributed by atoms with Crippen molar-refractivity contribution in [2.45, 2.75) is 25.4 Å². The van der Waals surface area contributed by atoms with E-state index in [-0.39, 0.29) is 18.4 Å². The SMILES string of the molecule is CN(c1nccc(=O)n1C(=O)CN)C1CCN(c2nc3ccccc3n2Cc2ccc(F)cc2)CC1. The third-order valence-electron chi connectivity index (χ3n) is 6.75. The van der Waals surface area contributed by atoms with E-state index in [4.69, 9.17) is 10.7 Å². The van der Waals surface area contributed by atoms with Crippen molar-refractivity contribution >= 4 is 28.8 Å². The molecule has 186 valence electrons. The predicted molar refractivity (Wildman–Crippen MR) is 137 cm³/mol. The Morgan fingerprint density at radius 2 is 1.83 bits per heavy atom. The first-order valence-corrected chi connectivity index (χ1v) is 11.9. The molecule has 2 aromatic carbocycles. The van der Waals surface area contributed by atoms with Gasteiger partial charge in [-0.15, -0.1) is 0 Å². The van der Waals surface area contributed by atoms with Gasteiger partial charge in [0.15, 0.2) is 0 Å². The van der Waals surface area contributed by atoms with Gasteiger partial charge in [0.05, 0.1) is 24.1 Å². The van der Waals surface area contributed by atoms with Crippen LogP contribution in [0.15, 0.2) is 65.6 Å². The highest BCUT2D eigenvalue weighted by Gasteiger charge is 2.28. The number of nitrogens with two attached hydrogens (primary N) is 1. The highest BCUT2D eigenvalue weighted by Crippen LogP contribution is 2.28. The van der Waals surface area contributed by atoms with Gasteiger partial charge in [0.25, 0.3) is 5.56 Å². The van der Waals surface area contributed by atoms with Gasteiger partial charge in [-0.25, -0.2) is 18.9 Å². The zero-order chi connectivity index (χ0) is 25.2. The van der Waals surface area contributed by atoms with Gasteiger partial charge in [0.2, 0.25) is 17.8 Å². The molecular formula is C26H28FN7O2. The minimum Gasteiger partial charge on any atom is -0.342 e. The van der Waals surface area contributed by atoms with Crippen molar-refractivity contribution in [2.24, 2.45) is 5.73 Å². The fourth-order valence-corrected chi connectivity index (χ4v) is 4.82. The fourth-order valence-electron chi connectivity index (χ4n) is 4.82. The van der Waals surface area contributed by atoms with Crippen LogP contribution in [-0.4, -0.2) is 57.7 Å². The molecule has 36 heavy (non-hydrogen) atoms. The van der Waals surface area contributed by atoms with E-state index in [2.05, 4.69) is 14.5 Å². The Morgan fingerprint density at radius 3 is 2.56 bits per heavy atom. The van der Waals surface area contributed by atoms with Crippen LogP contribution in [-0.2, 0) is 6.54 Å². The lowest BCUT2D eigenvalue weighted by Crippen LogP contribution is -2.47. The number of carbonyl (C=O) groups excluding carboxylic acids is 1. The van der Waals surface area contributed by atoms with Gasteiger partial charge in [0.1, 0.15) is 5.82 Å². The molecule has 2 N–H and O–H groups in total. The maximum Gasteiger partial charge on any atom is 0.261 e. The van der Waals surface area contributed by atoms with Crippen LogP contribution in [0.4, 0.5) is 16.3 Å². The molecule has 9 nitrogen and oxygen atoms in total. The Balaban J connectivity index is 1.38. The number of hydrogen-bond acceptors (Lipinski definition) is 7. The molecule has 1 saturated heterocycles. The zero-order valence-electron chi connectivity index (χ0n) is 20.0. The Bertz CT molecular complexity index is 1440. The largest absolute Gasteiger partial charge is 0.342 e. The first kappa shape index (κ1) is 23.7. The molecule has 0 atom stereocenters. The standard InChI is InChI=1S/C26H28FN7O2/c1-31(25-29-13-10-23(35)34(25)24(36)16-28)20-11-14-32(15-12-20)26-30-21-4-2-3-5-22(21)33(26)17-18-6-8-19(27)9-7-18/h2-10,13,20H,11-12,14-17,28H2,1H3. The Kier molecular flexibility index (Phi) is 6.51. The second kappa shape index (κ2) is 9.90. The molecule has 0 spiro atoms. The number of carbonyl (C=O) groups is 1. The molecule has 10 heteroatoms. The number of benzene rings is 2. The number of fused-ring (bicyclic) bond motifs is 1. The lowest BCUT2D eigenvalue weighted by atomic mass is 10.0. The van der Waals surface area contributed by atoms with E-state index in [9.17, 15) is 14.0 Å². The number of rotatable bonds is 6. The molecule has 1 fully saturated rings. The summed E-state index contributed by atoms with van der Waals surface area (Å²) in [6.07, 6.45) is 3.00. The number of anilines is 2. The van der Waals surface area contributed by atoms with Gasteiger partial charge in [-0.05, 0) is 42.7 Å². The van der Waals surface area contributed by atoms with Crippen LogP contribution in [0.2, 0.25) is 0 Å². The fraction of sp³-hybridized carbons (Fsp3) is 0.308. The second-order valence-corrected chi connectivity index (χ2v) is 8.96. The maximum absolute atomic E-state index is 13.4. The Labute approximate surface area is 207 Å². The van der Waals surface area contributed by atoms with Crippen molar-refractivity contribution in [3.63, 3.8) is 0 Å². The summed E-state index contributed by atoms with van der Waals surface area (Å²) in [5, 5.41) is 0. The molecule has 0 radical (unpaired) electrons. The van der Waals surface area contributed by atoms with Crippen LogP contribution >= 0.6 is 0 Å². The number of piperidine rings is 1. The van der Waals surface area contributed by atoms with E-state index in [1.54, 1.807) is 12.1 Å². The smallest absolute Gasteiger partial charge is 0.261 e. The number of imidazole rings is 1. The minimum atomic E-state index is -0.484. The molecule has 3 heterocycles. The second-order valence-electron chi connectivity index (χ2n) is 8.96. The summed E-state index contributed by atoms with van der Waals surface area (Å²) in [6.45, 7) is 1.79. The summed E-state index contributed by atoms with van der Waals surface area (Å²) in [5.41, 5.74) is 8.01. The van der Waals surface area contributed by atoms with Gasteiger partial charge < -0.3 is 20.1 Å². The highest BCUT2D eigenvalue weighted by molar-refractivity contribution is 5.83. The van der Waals surface area contributed by atoms with Crippen molar-refractivity contribution in [1.29, 1.82) is 0 Å². The third kappa shape index (κ3) is 4.47. The number of hydrogen-bond donors (Lipinski definition) is 1. The van der Waals surface area contributed by atoms with Crippen molar-refractivity contribution in [3.05, 3.63) is 82.5 Å². The van der Waals surface area contributed by atoms with E-state index in [1.165, 1.54) is 24.4 Å². The van der Waals surface area contributed by atoms with Crippen LogP contribution < -0.4 is 21.1 Å². The number of para-hydroxylation sites is 2. The monoisotopic (exact) mass is 489 g/mol. The van der Waals surface area contributed by atoms with Crippen molar-refractivity contribution in [1.82, 2.24) is 19.1 Å². The lowest BCUT2D eigenvalue weighted by molar-refractivity contribution is 0.0919. The first-order valence-electron chi connectivity index (χ1n) is 11.9. The molecule has 1 aliphatic rings. The van der Waals surface area contributed by atoms with Crippen LogP contribution in [0, 0.1) is 5.82 Å². The van der Waals surface area contributed by atoms with Gasteiger partial charge in [-0.2, -0.15) is 0 Å². The lowest BCUT2D eigenvalue weighted by Gasteiger charge is -2.38. The normalized spacial score (nSPS) is 14.4. The zero-order valence-corrected chi connectivity index (χ0v) is 20.0. The molecule has 0 aliphatic carbocycles. The van der Waals surface area contributed by atoms with E-state index in [0.717, 1.165) is 53.0 Å². The topological polar surface area (TPSA) is 102 Å². The molecule has 2 aromatic heterocycles. The summed E-state index contributed by atoms with van der Waals surface area (Å²) in [4.78, 5) is 38.0. The van der Waals surface area contributed by atoms with Gasteiger partial charge in [-0.3, -0.25) is 9.59 Å². The van der Waals surface area contributed by atoms with E-state index in [0.29, 0.717) is 12.5 Å². The number of nitrogens with zero attached hydrogens (tertiary/aromatic N) is 6. The van der Waals surface area contributed by atoms with Crippen molar-refractivity contribution < 1.29 is 9.18 Å². The van der Waals surface area contributed by atoms with E-state index < -0.39 is 11.5 Å². The summed E-state index contributed by atoms with van der Waals surface area (Å²) in [6, 6.07) is 15.9.